The maximum absolute atomic E-state index is 13.0. The van der Waals surface area contributed by atoms with Crippen LogP contribution in [0, 0.1) is 0 Å². The summed E-state index contributed by atoms with van der Waals surface area (Å²) in [6.45, 7) is 4.47. The van der Waals surface area contributed by atoms with Crippen molar-refractivity contribution in [2.75, 3.05) is 24.4 Å². The lowest BCUT2D eigenvalue weighted by Crippen LogP contribution is -2.71. The van der Waals surface area contributed by atoms with Crippen LogP contribution in [0.3, 0.4) is 0 Å². The Morgan fingerprint density at radius 3 is 2.58 bits per heavy atom. The summed E-state index contributed by atoms with van der Waals surface area (Å²) in [5.74, 6) is -4.11. The Balaban J connectivity index is 1.75. The van der Waals surface area contributed by atoms with E-state index in [2.05, 4.69) is 15.5 Å². The highest BCUT2D eigenvalue weighted by Crippen LogP contribution is 2.40. The van der Waals surface area contributed by atoms with E-state index in [0.717, 1.165) is 22.9 Å². The summed E-state index contributed by atoms with van der Waals surface area (Å²) in [5, 5.41) is 16.6. The maximum atomic E-state index is 13.0. The van der Waals surface area contributed by atoms with E-state index in [-0.39, 0.29) is 22.7 Å². The zero-order valence-corrected chi connectivity index (χ0v) is 22.2. The second-order valence-corrected chi connectivity index (χ2v) is 12.8. The van der Waals surface area contributed by atoms with Gasteiger partial charge in [-0.3, -0.25) is 14.5 Å². The van der Waals surface area contributed by atoms with Crippen LogP contribution < -0.4 is 5.32 Å². The highest BCUT2D eigenvalue weighted by molar-refractivity contribution is 8.00. The summed E-state index contributed by atoms with van der Waals surface area (Å²) in [5.41, 5.74) is 0.268. The molecule has 0 spiro atoms. The molecule has 1 saturated heterocycles. The fourth-order valence-corrected chi connectivity index (χ4v) is 6.26. The number of β-lactam (4-membered cyclic amide) rings is 1. The summed E-state index contributed by atoms with van der Waals surface area (Å²) in [4.78, 5) is 59.4. The van der Waals surface area contributed by atoms with Crippen LogP contribution in [0.25, 0.3) is 0 Å². The van der Waals surface area contributed by atoms with Gasteiger partial charge in [0.05, 0.1) is 11.3 Å². The van der Waals surface area contributed by atoms with Gasteiger partial charge in [0.25, 0.3) is 11.8 Å². The van der Waals surface area contributed by atoms with Crippen LogP contribution in [-0.2, 0) is 38.6 Å². The van der Waals surface area contributed by atoms with Crippen molar-refractivity contribution in [1.29, 1.82) is 0 Å². The Bertz CT molecular complexity index is 1230. The van der Waals surface area contributed by atoms with Gasteiger partial charge in [-0.1, -0.05) is 5.16 Å². The zero-order chi connectivity index (χ0) is 26.8. The van der Waals surface area contributed by atoms with E-state index in [4.69, 9.17) is 9.57 Å². The number of carbonyl (C=O) groups excluding carboxylic acids is 3. The van der Waals surface area contributed by atoms with Crippen molar-refractivity contribution >= 4 is 62.4 Å². The molecule has 1 aromatic rings. The molecule has 1 unspecified atom stereocenters. The van der Waals surface area contributed by atoms with E-state index in [0.29, 0.717) is 0 Å². The lowest BCUT2D eigenvalue weighted by atomic mass is 10.0. The quantitative estimate of drug-likeness (QED) is 0.179. The zero-order valence-electron chi connectivity index (χ0n) is 19.7. The number of thioether (sulfide) groups is 1. The van der Waals surface area contributed by atoms with E-state index in [1.165, 1.54) is 22.2 Å². The van der Waals surface area contributed by atoms with Gasteiger partial charge in [-0.2, -0.15) is 0 Å². The standard InChI is InChI=1S/C20H24N4O9S3/c1-20(2,3)33-12(25)5-32-23-13(11-7-34-9-21-11)16(26)22-14-17(27)24-15(19(28)29)10(6-35-18(14)24)8-36(4,30)31/h7,9,14,18H,5-6,8H2,1-4H3,(H,22,26)(H,28,29)/t14?,18-/m0/s1. The number of ether oxygens (including phenoxy) is 1. The molecule has 3 heterocycles. The molecule has 0 aliphatic carbocycles. The first-order valence-corrected chi connectivity index (χ1v) is 14.4. The van der Waals surface area contributed by atoms with Gasteiger partial charge in [0.2, 0.25) is 6.61 Å². The predicted molar refractivity (Wildman–Crippen MR) is 130 cm³/mol. The number of carboxylic acids is 1. The number of thiazole rings is 1. The minimum atomic E-state index is -3.53. The summed E-state index contributed by atoms with van der Waals surface area (Å²) in [6.07, 6.45) is 0.974. The number of hydrogen-bond acceptors (Lipinski definition) is 12. The fraction of sp³-hybridized carbons (Fsp3) is 0.500. The number of sulfone groups is 1. The molecule has 2 aliphatic heterocycles. The SMILES string of the molecule is CC(C)(C)OC(=O)CON=C(C(=O)NC1C(=O)N2C(C(=O)O)=C(CS(C)(=O)=O)CS[C@@H]12)c1cscn1. The van der Waals surface area contributed by atoms with Crippen LogP contribution in [0.4, 0.5) is 0 Å². The van der Waals surface area contributed by atoms with E-state index >= 15 is 0 Å². The molecule has 2 aliphatic rings. The molecule has 36 heavy (non-hydrogen) atoms. The van der Waals surface area contributed by atoms with Gasteiger partial charge < -0.3 is 20.0 Å². The van der Waals surface area contributed by atoms with Gasteiger partial charge in [-0.05, 0) is 26.3 Å². The first-order valence-electron chi connectivity index (χ1n) is 10.4. The van der Waals surface area contributed by atoms with Gasteiger partial charge in [0.1, 0.15) is 28.4 Å². The molecular formula is C20H24N4O9S3. The van der Waals surface area contributed by atoms with Gasteiger partial charge in [-0.25, -0.2) is 23.0 Å². The lowest BCUT2D eigenvalue weighted by molar-refractivity contribution is -0.160. The molecule has 0 aromatic carbocycles. The molecule has 16 heteroatoms. The number of oxime groups is 1. The molecule has 3 rings (SSSR count). The van der Waals surface area contributed by atoms with Crippen LogP contribution in [0.15, 0.2) is 27.3 Å². The second-order valence-electron chi connectivity index (χ2n) is 8.86. The molecule has 2 amide bonds. The van der Waals surface area contributed by atoms with Crippen LogP contribution in [0.1, 0.15) is 26.5 Å². The summed E-state index contributed by atoms with van der Waals surface area (Å²) >= 11 is 2.31. The van der Waals surface area contributed by atoms with Gasteiger partial charge >= 0.3 is 11.9 Å². The molecule has 0 saturated carbocycles. The van der Waals surface area contributed by atoms with E-state index < -0.39 is 68.7 Å². The number of carbonyl (C=O) groups is 4. The van der Waals surface area contributed by atoms with E-state index in [9.17, 15) is 32.7 Å². The highest BCUT2D eigenvalue weighted by atomic mass is 32.2. The predicted octanol–water partition coefficient (Wildman–Crippen LogP) is -0.0113. The van der Waals surface area contributed by atoms with Crippen molar-refractivity contribution in [3.63, 3.8) is 0 Å². The number of amides is 2. The number of nitrogens with zero attached hydrogens (tertiary/aromatic N) is 3. The van der Waals surface area contributed by atoms with Gasteiger partial charge in [0.15, 0.2) is 15.5 Å². The monoisotopic (exact) mass is 560 g/mol. The highest BCUT2D eigenvalue weighted by Gasteiger charge is 2.54. The fourth-order valence-electron chi connectivity index (χ4n) is 3.37. The minimum Gasteiger partial charge on any atom is -0.477 e. The maximum Gasteiger partial charge on any atom is 0.352 e. The van der Waals surface area contributed by atoms with Crippen LogP contribution in [0.2, 0.25) is 0 Å². The van der Waals surface area contributed by atoms with Gasteiger partial charge in [-0.15, -0.1) is 23.1 Å². The van der Waals surface area contributed by atoms with Crippen LogP contribution in [-0.4, -0.2) is 94.3 Å². The summed E-state index contributed by atoms with van der Waals surface area (Å²) in [7, 11) is -3.53. The van der Waals surface area contributed by atoms with Crippen molar-refractivity contribution in [3.8, 4) is 0 Å². The molecule has 0 bridgehead atoms. The Morgan fingerprint density at radius 1 is 1.33 bits per heavy atom. The van der Waals surface area contributed by atoms with E-state index in [1.54, 1.807) is 20.8 Å². The topological polar surface area (TPSA) is 182 Å². The number of nitrogens with one attached hydrogen (secondary N) is 1. The minimum absolute atomic E-state index is 0.0571. The third-order valence-corrected chi connectivity index (χ3v) is 7.42. The Hall–Kier alpha value is -2.98. The Morgan fingerprint density at radius 2 is 2.03 bits per heavy atom. The third kappa shape index (κ3) is 6.61. The average Bonchev–Trinajstić information content (AvgIpc) is 3.26. The molecule has 0 radical (unpaired) electrons. The Labute approximate surface area is 214 Å². The molecule has 13 nitrogen and oxygen atoms in total. The van der Waals surface area contributed by atoms with Crippen molar-refractivity contribution in [3.05, 3.63) is 27.9 Å². The molecular weight excluding hydrogens is 536 g/mol. The number of fused-ring (bicyclic) bond motifs is 1. The number of aliphatic carboxylic acids is 1. The largest absolute Gasteiger partial charge is 0.477 e. The van der Waals surface area contributed by atoms with Crippen LogP contribution in [0.5, 0.6) is 0 Å². The van der Waals surface area contributed by atoms with E-state index in [1.807, 2.05) is 0 Å². The van der Waals surface area contributed by atoms with Crippen molar-refractivity contribution < 1.29 is 42.3 Å². The Kier molecular flexibility index (Phi) is 8.10. The number of aromatic nitrogens is 1. The first-order chi connectivity index (χ1) is 16.7. The lowest BCUT2D eigenvalue weighted by Gasteiger charge is -2.49. The van der Waals surface area contributed by atoms with Crippen molar-refractivity contribution in [2.45, 2.75) is 37.8 Å². The number of carboxylic acid groups (broad SMARTS) is 1. The molecule has 2 N–H and O–H groups in total. The molecule has 1 aromatic heterocycles. The normalized spacial score (nSPS) is 20.4. The second kappa shape index (κ2) is 10.6. The summed E-state index contributed by atoms with van der Waals surface area (Å²) in [6, 6.07) is -1.09. The van der Waals surface area contributed by atoms with Crippen LogP contribution >= 0.6 is 23.1 Å². The average molecular weight is 561 g/mol. The first kappa shape index (κ1) is 27.6. The number of rotatable bonds is 9. The molecule has 2 atom stereocenters. The van der Waals surface area contributed by atoms with Crippen molar-refractivity contribution in [2.24, 2.45) is 5.16 Å². The van der Waals surface area contributed by atoms with Crippen molar-refractivity contribution in [1.82, 2.24) is 15.2 Å². The summed E-state index contributed by atoms with van der Waals surface area (Å²) < 4.78 is 28.5. The number of hydrogen-bond donors (Lipinski definition) is 2. The third-order valence-electron chi connectivity index (χ3n) is 4.62. The smallest absolute Gasteiger partial charge is 0.352 e. The number of esters is 1. The van der Waals surface area contributed by atoms with Gasteiger partial charge in [0, 0.05) is 17.4 Å². The molecule has 196 valence electrons. The molecule has 1 fully saturated rings.